The van der Waals surface area contributed by atoms with E-state index in [1.165, 1.54) is 11.8 Å². The topological polar surface area (TPSA) is 67.3 Å². The van der Waals surface area contributed by atoms with Crippen LogP contribution in [0.2, 0.25) is 0 Å². The maximum absolute atomic E-state index is 12.5. The van der Waals surface area contributed by atoms with Gasteiger partial charge in [0.15, 0.2) is 5.82 Å². The van der Waals surface area contributed by atoms with E-state index >= 15 is 0 Å². The van der Waals surface area contributed by atoms with Crippen molar-refractivity contribution in [3.63, 3.8) is 0 Å². The highest BCUT2D eigenvalue weighted by molar-refractivity contribution is 6.03. The number of aryl methyl sites for hydroxylation is 1. The Bertz CT molecular complexity index is 986. The molecule has 2 heterocycles. The first kappa shape index (κ1) is 17.0. The minimum atomic E-state index is -0.320. The number of ether oxygens (including phenoxy) is 1. The first-order valence-corrected chi connectivity index (χ1v) is 8.79. The number of hydrogen-bond donors (Lipinski definition) is 1. The standard InChI is InChI=1S/C21H20N4O2/c1-14-7-8-19(27-2)16(11-14)24-21(26)17-12-23-20(13-22-17)25-10-9-15-5-3-4-6-18(15)25/h3-8,11-13H,9-10H2,1-2H3,(H,24,26). The largest absolute Gasteiger partial charge is 0.495 e. The Morgan fingerprint density at radius 1 is 1.15 bits per heavy atom. The van der Waals surface area contributed by atoms with E-state index in [1.807, 2.05) is 37.3 Å². The van der Waals surface area contributed by atoms with Crippen molar-refractivity contribution in [3.8, 4) is 5.75 Å². The Morgan fingerprint density at radius 2 is 2.00 bits per heavy atom. The second-order valence-electron chi connectivity index (χ2n) is 6.45. The molecule has 1 amide bonds. The Labute approximate surface area is 157 Å². The van der Waals surface area contributed by atoms with Crippen molar-refractivity contribution >= 4 is 23.1 Å². The van der Waals surface area contributed by atoms with Crippen LogP contribution in [0.5, 0.6) is 5.75 Å². The van der Waals surface area contributed by atoms with Gasteiger partial charge < -0.3 is 15.0 Å². The zero-order chi connectivity index (χ0) is 18.8. The molecule has 0 unspecified atom stereocenters. The van der Waals surface area contributed by atoms with Gasteiger partial charge in [0.2, 0.25) is 0 Å². The molecule has 4 rings (SSSR count). The van der Waals surface area contributed by atoms with E-state index in [2.05, 4.69) is 32.3 Å². The number of fused-ring (bicyclic) bond motifs is 1. The molecule has 1 aliphatic rings. The van der Waals surface area contributed by atoms with Crippen LogP contribution in [-0.4, -0.2) is 29.5 Å². The number of nitrogens with one attached hydrogen (secondary N) is 1. The zero-order valence-corrected chi connectivity index (χ0v) is 15.3. The zero-order valence-electron chi connectivity index (χ0n) is 15.3. The van der Waals surface area contributed by atoms with Crippen LogP contribution in [0.1, 0.15) is 21.6 Å². The van der Waals surface area contributed by atoms with Crippen molar-refractivity contribution in [1.29, 1.82) is 0 Å². The quantitative estimate of drug-likeness (QED) is 0.768. The number of carbonyl (C=O) groups is 1. The number of rotatable bonds is 4. The van der Waals surface area contributed by atoms with Crippen LogP contribution in [0.4, 0.5) is 17.2 Å². The first-order valence-electron chi connectivity index (χ1n) is 8.79. The SMILES string of the molecule is COc1ccc(C)cc1NC(=O)c1cnc(N2CCc3ccccc32)cn1. The Hall–Kier alpha value is -3.41. The molecule has 0 atom stereocenters. The van der Waals surface area contributed by atoms with Crippen LogP contribution in [0.15, 0.2) is 54.9 Å². The summed E-state index contributed by atoms with van der Waals surface area (Å²) in [5.74, 6) is 1.02. The van der Waals surface area contributed by atoms with Crippen molar-refractivity contribution in [3.05, 3.63) is 71.7 Å². The number of aromatic nitrogens is 2. The van der Waals surface area contributed by atoms with Gasteiger partial charge in [-0.3, -0.25) is 4.79 Å². The third-order valence-corrected chi connectivity index (χ3v) is 4.64. The second kappa shape index (κ2) is 7.07. The van der Waals surface area contributed by atoms with Gasteiger partial charge in [0, 0.05) is 12.2 Å². The van der Waals surface area contributed by atoms with Crippen LogP contribution in [0, 0.1) is 6.92 Å². The first-order chi connectivity index (χ1) is 13.2. The van der Waals surface area contributed by atoms with E-state index in [4.69, 9.17) is 4.74 Å². The molecular weight excluding hydrogens is 340 g/mol. The highest BCUT2D eigenvalue weighted by atomic mass is 16.5. The molecule has 2 aromatic carbocycles. The van der Waals surface area contributed by atoms with Crippen LogP contribution < -0.4 is 15.0 Å². The molecule has 27 heavy (non-hydrogen) atoms. The molecule has 1 N–H and O–H groups in total. The summed E-state index contributed by atoms with van der Waals surface area (Å²) < 4.78 is 5.30. The lowest BCUT2D eigenvalue weighted by Gasteiger charge is -2.18. The molecule has 6 heteroatoms. The smallest absolute Gasteiger partial charge is 0.275 e. The molecule has 6 nitrogen and oxygen atoms in total. The number of methoxy groups -OCH3 is 1. The molecule has 0 bridgehead atoms. The summed E-state index contributed by atoms with van der Waals surface area (Å²) in [4.78, 5) is 23.4. The van der Waals surface area contributed by atoms with Gasteiger partial charge in [-0.1, -0.05) is 24.3 Å². The number of benzene rings is 2. The van der Waals surface area contributed by atoms with Crippen molar-refractivity contribution < 1.29 is 9.53 Å². The predicted molar refractivity (Wildman–Crippen MR) is 105 cm³/mol. The van der Waals surface area contributed by atoms with E-state index in [1.54, 1.807) is 13.3 Å². The fourth-order valence-electron chi connectivity index (χ4n) is 3.26. The molecule has 0 radical (unpaired) electrons. The third kappa shape index (κ3) is 3.33. The lowest BCUT2D eigenvalue weighted by atomic mass is 10.2. The van der Waals surface area contributed by atoms with Crippen LogP contribution in [0.3, 0.4) is 0 Å². The van der Waals surface area contributed by atoms with Crippen molar-refractivity contribution in [2.75, 3.05) is 23.9 Å². The number of anilines is 3. The average molecular weight is 360 g/mol. The van der Waals surface area contributed by atoms with E-state index < -0.39 is 0 Å². The number of hydrogen-bond acceptors (Lipinski definition) is 5. The minimum Gasteiger partial charge on any atom is -0.495 e. The lowest BCUT2D eigenvalue weighted by molar-refractivity contribution is 0.102. The maximum Gasteiger partial charge on any atom is 0.275 e. The molecular formula is C21H20N4O2. The van der Waals surface area contributed by atoms with Gasteiger partial charge in [-0.15, -0.1) is 0 Å². The van der Waals surface area contributed by atoms with Gasteiger partial charge in [-0.2, -0.15) is 0 Å². The molecule has 3 aromatic rings. The van der Waals surface area contributed by atoms with E-state index in [-0.39, 0.29) is 11.6 Å². The monoisotopic (exact) mass is 360 g/mol. The van der Waals surface area contributed by atoms with Crippen LogP contribution in [-0.2, 0) is 6.42 Å². The summed E-state index contributed by atoms with van der Waals surface area (Å²) in [7, 11) is 1.57. The molecule has 0 fully saturated rings. The van der Waals surface area contributed by atoms with Crippen LogP contribution >= 0.6 is 0 Å². The summed E-state index contributed by atoms with van der Waals surface area (Å²) >= 11 is 0. The molecule has 0 saturated carbocycles. The third-order valence-electron chi connectivity index (χ3n) is 4.64. The van der Waals surface area contributed by atoms with E-state index in [0.29, 0.717) is 11.4 Å². The van der Waals surface area contributed by atoms with Crippen molar-refractivity contribution in [2.45, 2.75) is 13.3 Å². The number of para-hydroxylation sites is 1. The fraction of sp³-hybridized carbons (Fsp3) is 0.190. The number of nitrogens with zero attached hydrogens (tertiary/aromatic N) is 3. The summed E-state index contributed by atoms with van der Waals surface area (Å²) in [6.07, 6.45) is 4.13. The molecule has 0 saturated heterocycles. The van der Waals surface area contributed by atoms with Gasteiger partial charge in [-0.05, 0) is 42.7 Å². The van der Waals surface area contributed by atoms with Gasteiger partial charge in [0.05, 0.1) is 25.2 Å². The molecule has 0 spiro atoms. The number of amides is 1. The number of carbonyl (C=O) groups excluding carboxylic acids is 1. The predicted octanol–water partition coefficient (Wildman–Crippen LogP) is 3.74. The van der Waals surface area contributed by atoms with Gasteiger partial charge in [0.25, 0.3) is 5.91 Å². The summed E-state index contributed by atoms with van der Waals surface area (Å²) in [5, 5.41) is 2.84. The summed E-state index contributed by atoms with van der Waals surface area (Å²) in [5.41, 5.74) is 4.35. The Morgan fingerprint density at radius 3 is 2.78 bits per heavy atom. The summed E-state index contributed by atoms with van der Waals surface area (Å²) in [6, 6.07) is 13.9. The minimum absolute atomic E-state index is 0.259. The van der Waals surface area contributed by atoms with Crippen molar-refractivity contribution in [2.24, 2.45) is 0 Å². The van der Waals surface area contributed by atoms with Crippen molar-refractivity contribution in [1.82, 2.24) is 9.97 Å². The van der Waals surface area contributed by atoms with Gasteiger partial charge >= 0.3 is 0 Å². The lowest BCUT2D eigenvalue weighted by Crippen LogP contribution is -2.18. The highest BCUT2D eigenvalue weighted by Crippen LogP contribution is 2.32. The molecule has 1 aromatic heterocycles. The highest BCUT2D eigenvalue weighted by Gasteiger charge is 2.21. The normalized spacial score (nSPS) is 12.6. The fourth-order valence-corrected chi connectivity index (χ4v) is 3.26. The Kier molecular flexibility index (Phi) is 4.46. The summed E-state index contributed by atoms with van der Waals surface area (Å²) in [6.45, 7) is 2.82. The molecule has 0 aliphatic carbocycles. The second-order valence-corrected chi connectivity index (χ2v) is 6.45. The Balaban J connectivity index is 1.53. The molecule has 136 valence electrons. The van der Waals surface area contributed by atoms with E-state index in [0.717, 1.165) is 30.0 Å². The van der Waals surface area contributed by atoms with E-state index in [9.17, 15) is 4.79 Å². The van der Waals surface area contributed by atoms with Gasteiger partial charge in [0.1, 0.15) is 11.4 Å². The molecule has 1 aliphatic heterocycles. The van der Waals surface area contributed by atoms with Gasteiger partial charge in [-0.25, -0.2) is 9.97 Å². The van der Waals surface area contributed by atoms with Crippen LogP contribution in [0.25, 0.3) is 0 Å². The maximum atomic E-state index is 12.5. The average Bonchev–Trinajstić information content (AvgIpc) is 3.12.